The topological polar surface area (TPSA) is 67.3 Å². The molecule has 0 aliphatic rings. The van der Waals surface area contributed by atoms with E-state index < -0.39 is 0 Å². The Morgan fingerprint density at radius 2 is 2.07 bits per heavy atom. The van der Waals surface area contributed by atoms with Crippen molar-refractivity contribution in [1.29, 1.82) is 0 Å². The summed E-state index contributed by atoms with van der Waals surface area (Å²) in [4.78, 5) is 8.19. The minimum absolute atomic E-state index is 0.479. The first-order chi connectivity index (χ1) is 6.85. The monoisotopic (exact) mass is 191 g/mol. The van der Waals surface area contributed by atoms with Crippen LogP contribution in [0.4, 0.5) is 5.69 Å². The first-order valence-electron chi connectivity index (χ1n) is 4.04. The van der Waals surface area contributed by atoms with Crippen LogP contribution in [0.3, 0.4) is 0 Å². The van der Waals surface area contributed by atoms with E-state index in [9.17, 15) is 0 Å². The van der Waals surface area contributed by atoms with Crippen molar-refractivity contribution in [1.82, 2.24) is 9.97 Å². The first kappa shape index (κ1) is 8.71. The highest BCUT2D eigenvalue weighted by molar-refractivity contribution is 5.88. The highest BCUT2D eigenvalue weighted by Gasteiger charge is 2.05. The summed E-state index contributed by atoms with van der Waals surface area (Å²) in [6, 6.07) is 3.40. The fourth-order valence-electron chi connectivity index (χ4n) is 1.25. The van der Waals surface area contributed by atoms with E-state index in [-0.39, 0.29) is 0 Å². The molecule has 14 heavy (non-hydrogen) atoms. The molecule has 1 aromatic carbocycles. The molecular weight excluding hydrogens is 182 g/mol. The number of nitrogens with zero attached hydrogens (tertiary/aromatic N) is 2. The summed E-state index contributed by atoms with van der Waals surface area (Å²) in [7, 11) is 1.55. The number of benzene rings is 1. The van der Waals surface area contributed by atoms with Crippen molar-refractivity contribution in [3.8, 4) is 5.75 Å². The third kappa shape index (κ3) is 1.33. The molecule has 2 aromatic rings. The Morgan fingerprint density at radius 3 is 2.79 bits per heavy atom. The van der Waals surface area contributed by atoms with Gasteiger partial charge in [-0.25, -0.2) is 0 Å². The summed E-state index contributed by atoms with van der Waals surface area (Å²) in [6.07, 6.45) is 3.15. The van der Waals surface area contributed by atoms with Gasteiger partial charge in [-0.1, -0.05) is 0 Å². The number of methoxy groups -OCH3 is 1. The van der Waals surface area contributed by atoms with Gasteiger partial charge in [0.2, 0.25) is 0 Å². The Hall–Kier alpha value is -1.88. The molecule has 1 heterocycles. The van der Waals surface area contributed by atoms with Crippen molar-refractivity contribution >= 4 is 16.7 Å². The van der Waals surface area contributed by atoms with Crippen LogP contribution in [0.15, 0.2) is 24.5 Å². The van der Waals surface area contributed by atoms with Crippen molar-refractivity contribution < 1.29 is 9.94 Å². The number of fused-ring (bicyclic) bond motifs is 1. The van der Waals surface area contributed by atoms with E-state index in [0.717, 1.165) is 0 Å². The third-order valence-corrected chi connectivity index (χ3v) is 1.90. The third-order valence-electron chi connectivity index (χ3n) is 1.90. The molecule has 0 atom stereocenters. The van der Waals surface area contributed by atoms with Gasteiger partial charge in [-0.3, -0.25) is 20.7 Å². The Labute approximate surface area is 80.3 Å². The average molecular weight is 191 g/mol. The summed E-state index contributed by atoms with van der Waals surface area (Å²) in [5, 5.41) is 8.88. The summed E-state index contributed by atoms with van der Waals surface area (Å²) in [5.41, 5.74) is 3.82. The lowest BCUT2D eigenvalue weighted by molar-refractivity contribution is 0.387. The van der Waals surface area contributed by atoms with Crippen LogP contribution in [0.25, 0.3) is 11.0 Å². The summed E-state index contributed by atoms with van der Waals surface area (Å²) >= 11 is 0. The van der Waals surface area contributed by atoms with Crippen molar-refractivity contribution in [3.05, 3.63) is 24.5 Å². The Balaban J connectivity index is 2.73. The second-order valence-electron chi connectivity index (χ2n) is 2.71. The Kier molecular flexibility index (Phi) is 2.16. The predicted octanol–water partition coefficient (Wildman–Crippen LogP) is 1.44. The van der Waals surface area contributed by atoms with Crippen molar-refractivity contribution in [3.63, 3.8) is 0 Å². The smallest absolute Gasteiger partial charge is 0.123 e. The maximum Gasteiger partial charge on any atom is 0.123 e. The van der Waals surface area contributed by atoms with Crippen molar-refractivity contribution in [2.75, 3.05) is 12.6 Å². The van der Waals surface area contributed by atoms with E-state index in [0.29, 0.717) is 22.5 Å². The van der Waals surface area contributed by atoms with E-state index in [4.69, 9.17) is 9.94 Å². The van der Waals surface area contributed by atoms with Crippen LogP contribution in [0.5, 0.6) is 5.75 Å². The minimum Gasteiger partial charge on any atom is -0.497 e. The molecule has 0 bridgehead atoms. The molecule has 0 spiro atoms. The van der Waals surface area contributed by atoms with Crippen molar-refractivity contribution in [2.45, 2.75) is 0 Å². The number of hydrogen-bond donors (Lipinski definition) is 2. The highest BCUT2D eigenvalue weighted by Crippen LogP contribution is 2.25. The van der Waals surface area contributed by atoms with Crippen LogP contribution in [0.1, 0.15) is 0 Å². The van der Waals surface area contributed by atoms with Crippen LogP contribution in [-0.4, -0.2) is 22.3 Å². The lowest BCUT2D eigenvalue weighted by atomic mass is 10.2. The molecule has 5 nitrogen and oxygen atoms in total. The molecular formula is C9H9N3O2. The van der Waals surface area contributed by atoms with Gasteiger partial charge in [0.1, 0.15) is 11.3 Å². The molecule has 0 fully saturated rings. The van der Waals surface area contributed by atoms with E-state index in [1.807, 2.05) is 0 Å². The molecule has 0 unspecified atom stereocenters. The van der Waals surface area contributed by atoms with Gasteiger partial charge >= 0.3 is 0 Å². The number of ether oxygens (including phenoxy) is 1. The molecule has 1 aromatic heterocycles. The van der Waals surface area contributed by atoms with Gasteiger partial charge < -0.3 is 4.74 Å². The molecule has 0 aliphatic heterocycles. The lowest BCUT2D eigenvalue weighted by Crippen LogP contribution is -1.95. The lowest BCUT2D eigenvalue weighted by Gasteiger charge is -2.06. The quantitative estimate of drug-likeness (QED) is 0.703. The summed E-state index contributed by atoms with van der Waals surface area (Å²) < 4.78 is 5.05. The van der Waals surface area contributed by atoms with Gasteiger partial charge in [0.05, 0.1) is 18.3 Å². The molecule has 72 valence electrons. The number of anilines is 1. The largest absolute Gasteiger partial charge is 0.497 e. The maximum absolute atomic E-state index is 8.88. The number of hydrogen-bond acceptors (Lipinski definition) is 5. The zero-order chi connectivity index (χ0) is 9.97. The van der Waals surface area contributed by atoms with Gasteiger partial charge in [-0.2, -0.15) is 0 Å². The van der Waals surface area contributed by atoms with Gasteiger partial charge in [0.15, 0.2) is 0 Å². The molecule has 5 heteroatoms. The van der Waals surface area contributed by atoms with Gasteiger partial charge in [0.25, 0.3) is 0 Å². The van der Waals surface area contributed by atoms with Crippen molar-refractivity contribution in [2.24, 2.45) is 0 Å². The maximum atomic E-state index is 8.88. The molecule has 2 N–H and O–H groups in total. The van der Waals surface area contributed by atoms with Crippen LogP contribution < -0.4 is 10.2 Å². The number of aromatic nitrogens is 2. The molecule has 0 saturated carbocycles. The van der Waals surface area contributed by atoms with Crippen LogP contribution in [-0.2, 0) is 0 Å². The second kappa shape index (κ2) is 3.47. The minimum atomic E-state index is 0.479. The molecule has 0 amide bonds. The summed E-state index contributed by atoms with van der Waals surface area (Å²) in [6.45, 7) is 0. The highest BCUT2D eigenvalue weighted by atomic mass is 16.5. The van der Waals surface area contributed by atoms with E-state index in [2.05, 4.69) is 15.4 Å². The molecule has 0 saturated heterocycles. The molecule has 2 rings (SSSR count). The van der Waals surface area contributed by atoms with Crippen LogP contribution in [0.2, 0.25) is 0 Å². The van der Waals surface area contributed by atoms with Crippen LogP contribution in [0, 0.1) is 0 Å². The van der Waals surface area contributed by atoms with Gasteiger partial charge in [0, 0.05) is 24.5 Å². The Bertz CT molecular complexity index is 459. The SMILES string of the molecule is COc1cc(NO)c2nccnc2c1. The predicted molar refractivity (Wildman–Crippen MR) is 51.5 cm³/mol. The normalized spacial score (nSPS) is 10.1. The average Bonchev–Trinajstić information content (AvgIpc) is 2.27. The van der Waals surface area contributed by atoms with E-state index in [1.54, 1.807) is 31.6 Å². The fourth-order valence-corrected chi connectivity index (χ4v) is 1.25. The zero-order valence-corrected chi connectivity index (χ0v) is 7.56. The first-order valence-corrected chi connectivity index (χ1v) is 4.04. The zero-order valence-electron chi connectivity index (χ0n) is 7.56. The molecule has 0 radical (unpaired) electrons. The van der Waals surface area contributed by atoms with Gasteiger partial charge in [-0.15, -0.1) is 0 Å². The number of rotatable bonds is 2. The summed E-state index contributed by atoms with van der Waals surface area (Å²) in [5.74, 6) is 0.620. The standard InChI is InChI=1S/C9H9N3O2/c1-14-6-4-7-9(8(5-6)12-13)11-3-2-10-7/h2-5,12-13H,1H3. The second-order valence-corrected chi connectivity index (χ2v) is 2.71. The molecule has 0 aliphatic carbocycles. The fraction of sp³-hybridized carbons (Fsp3) is 0.111. The van der Waals surface area contributed by atoms with E-state index in [1.165, 1.54) is 0 Å². The Morgan fingerprint density at radius 1 is 1.29 bits per heavy atom. The van der Waals surface area contributed by atoms with E-state index >= 15 is 0 Å². The number of nitrogens with one attached hydrogen (secondary N) is 1. The van der Waals surface area contributed by atoms with Crippen LogP contribution >= 0.6 is 0 Å². The van der Waals surface area contributed by atoms with Gasteiger partial charge in [-0.05, 0) is 0 Å².